The highest BCUT2D eigenvalue weighted by molar-refractivity contribution is 5.34. The van der Waals surface area contributed by atoms with E-state index in [-0.39, 0.29) is 6.04 Å². The molecule has 0 amide bonds. The summed E-state index contributed by atoms with van der Waals surface area (Å²) in [5.41, 5.74) is 0.110. The molecule has 1 heterocycles. The highest BCUT2D eigenvalue weighted by atomic mass is 16.3. The van der Waals surface area contributed by atoms with Crippen LogP contribution in [0.2, 0.25) is 0 Å². The van der Waals surface area contributed by atoms with Gasteiger partial charge in [-0.1, -0.05) is 0 Å². The summed E-state index contributed by atoms with van der Waals surface area (Å²) >= 11 is 0. The second-order valence-corrected chi connectivity index (χ2v) is 4.08. The minimum atomic E-state index is -0.771. The molecule has 0 aliphatic heterocycles. The fourth-order valence-corrected chi connectivity index (χ4v) is 0.874. The van der Waals surface area contributed by atoms with Gasteiger partial charge in [0.25, 0.3) is 0 Å². The molecule has 1 aromatic heterocycles. The Labute approximate surface area is 84.4 Å². The van der Waals surface area contributed by atoms with Crippen LogP contribution in [0.15, 0.2) is 12.1 Å². The van der Waals surface area contributed by atoms with Crippen LogP contribution < -0.4 is 5.32 Å². The van der Waals surface area contributed by atoms with E-state index in [1.165, 1.54) is 0 Å². The lowest BCUT2D eigenvalue weighted by atomic mass is 10.0. The fourth-order valence-electron chi connectivity index (χ4n) is 0.874. The summed E-state index contributed by atoms with van der Waals surface area (Å²) in [5.74, 6) is 0.685. The molecule has 0 bridgehead atoms. The number of nitrogens with zero attached hydrogens (tertiary/aromatic N) is 2. The monoisotopic (exact) mass is 195 g/mol. The van der Waals surface area contributed by atoms with Gasteiger partial charge in [0.05, 0.1) is 17.3 Å². The highest BCUT2D eigenvalue weighted by Crippen LogP contribution is 2.12. The van der Waals surface area contributed by atoms with Crippen LogP contribution in [-0.2, 0) is 0 Å². The molecule has 0 saturated heterocycles. The number of hydrogen-bond acceptors (Lipinski definition) is 4. The molecule has 4 nitrogen and oxygen atoms in total. The highest BCUT2D eigenvalue weighted by Gasteiger charge is 2.22. The molecule has 1 rings (SSSR count). The lowest BCUT2D eigenvalue weighted by Crippen LogP contribution is -2.39. The summed E-state index contributed by atoms with van der Waals surface area (Å²) in [5, 5.41) is 20.7. The van der Waals surface area contributed by atoms with Crippen molar-refractivity contribution in [2.75, 3.05) is 5.32 Å². The van der Waals surface area contributed by atoms with E-state index in [0.29, 0.717) is 5.82 Å². The normalized spacial score (nSPS) is 13.8. The molecule has 0 saturated carbocycles. The van der Waals surface area contributed by atoms with Crippen molar-refractivity contribution in [1.82, 2.24) is 10.2 Å². The van der Waals surface area contributed by atoms with Crippen LogP contribution in [0.1, 0.15) is 26.5 Å². The number of aliphatic hydroxyl groups is 1. The van der Waals surface area contributed by atoms with Gasteiger partial charge < -0.3 is 10.4 Å². The van der Waals surface area contributed by atoms with Crippen molar-refractivity contribution in [2.45, 2.75) is 39.3 Å². The van der Waals surface area contributed by atoms with Crippen molar-refractivity contribution in [3.63, 3.8) is 0 Å². The molecule has 2 N–H and O–H groups in total. The number of anilines is 1. The lowest BCUT2D eigenvalue weighted by molar-refractivity contribution is 0.0647. The van der Waals surface area contributed by atoms with Crippen LogP contribution in [0.25, 0.3) is 0 Å². The average molecular weight is 195 g/mol. The third kappa shape index (κ3) is 2.96. The summed E-state index contributed by atoms with van der Waals surface area (Å²) < 4.78 is 0. The first-order valence-corrected chi connectivity index (χ1v) is 4.69. The van der Waals surface area contributed by atoms with E-state index in [9.17, 15) is 5.11 Å². The van der Waals surface area contributed by atoms with Crippen molar-refractivity contribution in [1.29, 1.82) is 0 Å². The largest absolute Gasteiger partial charge is 0.388 e. The van der Waals surface area contributed by atoms with Crippen LogP contribution in [-0.4, -0.2) is 26.9 Å². The molecular formula is C10H17N3O. The molecule has 1 atom stereocenters. The van der Waals surface area contributed by atoms with Gasteiger partial charge in [-0.25, -0.2) is 0 Å². The third-order valence-electron chi connectivity index (χ3n) is 2.22. The maximum absolute atomic E-state index is 9.69. The molecular weight excluding hydrogens is 178 g/mol. The SMILES string of the molecule is Cc1ccc(NC(C)C(C)(C)O)nn1. The Morgan fingerprint density at radius 3 is 2.43 bits per heavy atom. The number of nitrogens with one attached hydrogen (secondary N) is 1. The van der Waals surface area contributed by atoms with Crippen LogP contribution in [0.3, 0.4) is 0 Å². The van der Waals surface area contributed by atoms with Gasteiger partial charge in [-0.05, 0) is 39.8 Å². The zero-order valence-corrected chi connectivity index (χ0v) is 9.07. The van der Waals surface area contributed by atoms with Crippen molar-refractivity contribution < 1.29 is 5.11 Å². The van der Waals surface area contributed by atoms with Crippen LogP contribution in [0.4, 0.5) is 5.82 Å². The van der Waals surface area contributed by atoms with Crippen LogP contribution >= 0.6 is 0 Å². The third-order valence-corrected chi connectivity index (χ3v) is 2.22. The zero-order chi connectivity index (χ0) is 10.8. The number of rotatable bonds is 3. The number of hydrogen-bond donors (Lipinski definition) is 2. The molecule has 4 heteroatoms. The Morgan fingerprint density at radius 2 is 2.00 bits per heavy atom. The van der Waals surface area contributed by atoms with E-state index in [2.05, 4.69) is 15.5 Å². The predicted molar refractivity (Wildman–Crippen MR) is 56.2 cm³/mol. The first-order chi connectivity index (χ1) is 6.39. The van der Waals surface area contributed by atoms with Crippen LogP contribution in [0.5, 0.6) is 0 Å². The second-order valence-electron chi connectivity index (χ2n) is 4.08. The minimum Gasteiger partial charge on any atom is -0.388 e. The van der Waals surface area contributed by atoms with Gasteiger partial charge in [0.2, 0.25) is 0 Å². The molecule has 14 heavy (non-hydrogen) atoms. The van der Waals surface area contributed by atoms with Gasteiger partial charge in [-0.3, -0.25) is 0 Å². The molecule has 0 aliphatic rings. The van der Waals surface area contributed by atoms with Crippen LogP contribution in [0, 0.1) is 6.92 Å². The van der Waals surface area contributed by atoms with E-state index in [0.717, 1.165) is 5.69 Å². The Hall–Kier alpha value is -1.16. The molecule has 0 aliphatic carbocycles. The molecule has 0 aromatic carbocycles. The first-order valence-electron chi connectivity index (χ1n) is 4.69. The smallest absolute Gasteiger partial charge is 0.148 e. The number of aryl methyl sites for hydroxylation is 1. The van der Waals surface area contributed by atoms with Gasteiger partial charge in [-0.15, -0.1) is 5.10 Å². The van der Waals surface area contributed by atoms with Crippen molar-refractivity contribution >= 4 is 5.82 Å². The van der Waals surface area contributed by atoms with Crippen molar-refractivity contribution in [2.24, 2.45) is 0 Å². The van der Waals surface area contributed by atoms with Gasteiger partial charge in [0.15, 0.2) is 0 Å². The maximum Gasteiger partial charge on any atom is 0.148 e. The minimum absolute atomic E-state index is 0.0699. The van der Waals surface area contributed by atoms with Crippen molar-refractivity contribution in [3.05, 3.63) is 17.8 Å². The molecule has 1 unspecified atom stereocenters. The van der Waals surface area contributed by atoms with E-state index >= 15 is 0 Å². The second kappa shape index (κ2) is 3.92. The lowest BCUT2D eigenvalue weighted by Gasteiger charge is -2.26. The summed E-state index contributed by atoms with van der Waals surface area (Å²) in [4.78, 5) is 0. The van der Waals surface area contributed by atoms with E-state index in [1.807, 2.05) is 26.0 Å². The Balaban J connectivity index is 2.65. The van der Waals surface area contributed by atoms with Gasteiger partial charge in [0, 0.05) is 0 Å². The van der Waals surface area contributed by atoms with E-state index in [1.54, 1.807) is 13.8 Å². The van der Waals surface area contributed by atoms with Crippen molar-refractivity contribution in [3.8, 4) is 0 Å². The topological polar surface area (TPSA) is 58.0 Å². The summed E-state index contributed by atoms with van der Waals surface area (Å²) in [6, 6.07) is 3.66. The molecule has 0 fully saturated rings. The molecule has 0 radical (unpaired) electrons. The quantitative estimate of drug-likeness (QED) is 0.764. The molecule has 1 aromatic rings. The first kappa shape index (κ1) is 10.9. The van der Waals surface area contributed by atoms with E-state index < -0.39 is 5.60 Å². The predicted octanol–water partition coefficient (Wildman–Crippen LogP) is 1.36. The molecule has 0 spiro atoms. The summed E-state index contributed by atoms with van der Waals surface area (Å²) in [6.07, 6.45) is 0. The Bertz CT molecular complexity index is 289. The Morgan fingerprint density at radius 1 is 1.36 bits per heavy atom. The summed E-state index contributed by atoms with van der Waals surface area (Å²) in [7, 11) is 0. The summed E-state index contributed by atoms with van der Waals surface area (Å²) in [6.45, 7) is 7.30. The zero-order valence-electron chi connectivity index (χ0n) is 9.07. The van der Waals surface area contributed by atoms with Gasteiger partial charge >= 0.3 is 0 Å². The molecule has 78 valence electrons. The van der Waals surface area contributed by atoms with Gasteiger partial charge in [-0.2, -0.15) is 5.10 Å². The maximum atomic E-state index is 9.69. The average Bonchev–Trinajstić information content (AvgIpc) is 2.07. The Kier molecular flexibility index (Phi) is 3.06. The number of aromatic nitrogens is 2. The van der Waals surface area contributed by atoms with E-state index in [4.69, 9.17) is 0 Å². The van der Waals surface area contributed by atoms with Gasteiger partial charge in [0.1, 0.15) is 5.82 Å². The standard InChI is InChI=1S/C10H17N3O/c1-7-5-6-9(13-12-7)11-8(2)10(3,4)14/h5-6,8,14H,1-4H3,(H,11,13). The fraction of sp³-hybridized carbons (Fsp3) is 0.600.